The highest BCUT2D eigenvalue weighted by molar-refractivity contribution is 5.97. The van der Waals surface area contributed by atoms with Crippen molar-refractivity contribution in [3.05, 3.63) is 30.1 Å². The SMILES string of the molecule is CC(=N)N(N[C@@H](C)[C@@H](C)C(C)Nc1ccc(F)cc1)C(=O)C(C)(C)C. The molecule has 25 heavy (non-hydrogen) atoms. The molecule has 6 heteroatoms. The van der Waals surface area contributed by atoms with Gasteiger partial charge < -0.3 is 5.32 Å². The van der Waals surface area contributed by atoms with Crippen molar-refractivity contribution < 1.29 is 9.18 Å². The number of hydrogen-bond donors (Lipinski definition) is 3. The number of nitrogens with one attached hydrogen (secondary N) is 3. The van der Waals surface area contributed by atoms with E-state index in [9.17, 15) is 9.18 Å². The van der Waals surface area contributed by atoms with Crippen LogP contribution in [0, 0.1) is 22.6 Å². The molecule has 0 radical (unpaired) electrons. The second-order valence-corrected chi connectivity index (χ2v) is 7.69. The molecule has 3 N–H and O–H groups in total. The number of carbonyl (C=O) groups is 1. The summed E-state index contributed by atoms with van der Waals surface area (Å²) in [5.74, 6) is -0.0879. The normalized spacial score (nSPS) is 15.2. The Morgan fingerprint density at radius 1 is 1.12 bits per heavy atom. The second-order valence-electron chi connectivity index (χ2n) is 7.69. The molecule has 1 unspecified atom stereocenters. The zero-order valence-corrected chi connectivity index (χ0v) is 16.3. The van der Waals surface area contributed by atoms with Crippen molar-refractivity contribution in [1.82, 2.24) is 10.4 Å². The molecule has 1 amide bonds. The molecule has 0 aliphatic heterocycles. The van der Waals surface area contributed by atoms with Gasteiger partial charge in [0, 0.05) is 23.2 Å². The summed E-state index contributed by atoms with van der Waals surface area (Å²) in [4.78, 5) is 12.5. The number of benzene rings is 1. The number of rotatable bonds is 6. The van der Waals surface area contributed by atoms with Gasteiger partial charge in [0.05, 0.1) is 0 Å². The fourth-order valence-electron chi connectivity index (χ4n) is 2.34. The lowest BCUT2D eigenvalue weighted by Gasteiger charge is -2.35. The summed E-state index contributed by atoms with van der Waals surface area (Å²) < 4.78 is 13.0. The molecule has 1 aromatic rings. The van der Waals surface area contributed by atoms with Crippen LogP contribution in [-0.2, 0) is 4.79 Å². The van der Waals surface area contributed by atoms with Crippen molar-refractivity contribution in [2.24, 2.45) is 11.3 Å². The Labute approximate surface area is 150 Å². The van der Waals surface area contributed by atoms with Crippen LogP contribution in [0.5, 0.6) is 0 Å². The van der Waals surface area contributed by atoms with Gasteiger partial charge in [-0.05, 0) is 51.0 Å². The van der Waals surface area contributed by atoms with E-state index in [1.807, 2.05) is 34.6 Å². The van der Waals surface area contributed by atoms with Gasteiger partial charge in [-0.25, -0.2) is 14.8 Å². The molecule has 0 heterocycles. The largest absolute Gasteiger partial charge is 0.382 e. The molecule has 1 rings (SSSR count). The zero-order valence-electron chi connectivity index (χ0n) is 16.3. The van der Waals surface area contributed by atoms with Gasteiger partial charge in [0.25, 0.3) is 0 Å². The van der Waals surface area contributed by atoms with Crippen LogP contribution in [-0.4, -0.2) is 28.8 Å². The van der Waals surface area contributed by atoms with Crippen molar-refractivity contribution in [3.8, 4) is 0 Å². The molecule has 0 fully saturated rings. The molecule has 3 atom stereocenters. The number of nitrogens with zero attached hydrogens (tertiary/aromatic N) is 1. The molecule has 0 bridgehead atoms. The topological polar surface area (TPSA) is 68.2 Å². The molecule has 0 saturated heterocycles. The average molecular weight is 350 g/mol. The Hall–Kier alpha value is -1.95. The Morgan fingerprint density at radius 3 is 2.08 bits per heavy atom. The molecule has 0 saturated carbocycles. The van der Waals surface area contributed by atoms with Gasteiger partial charge in [0.15, 0.2) is 0 Å². The third kappa shape index (κ3) is 6.12. The van der Waals surface area contributed by atoms with Crippen LogP contribution in [0.15, 0.2) is 24.3 Å². The van der Waals surface area contributed by atoms with E-state index in [0.29, 0.717) is 0 Å². The molecule has 5 nitrogen and oxygen atoms in total. The van der Waals surface area contributed by atoms with Crippen LogP contribution in [0.3, 0.4) is 0 Å². The maximum atomic E-state index is 13.0. The Morgan fingerprint density at radius 2 is 1.64 bits per heavy atom. The minimum absolute atomic E-state index is 0.0467. The van der Waals surface area contributed by atoms with Crippen LogP contribution in [0.1, 0.15) is 48.5 Å². The predicted octanol–water partition coefficient (Wildman–Crippen LogP) is 4.03. The van der Waals surface area contributed by atoms with Gasteiger partial charge in [-0.3, -0.25) is 10.2 Å². The summed E-state index contributed by atoms with van der Waals surface area (Å²) in [5.41, 5.74) is 3.43. The van der Waals surface area contributed by atoms with Crippen molar-refractivity contribution in [1.29, 1.82) is 5.41 Å². The fraction of sp³-hybridized carbons (Fsp3) is 0.579. The number of anilines is 1. The summed E-state index contributed by atoms with van der Waals surface area (Å²) in [6, 6.07) is 6.29. The van der Waals surface area contributed by atoms with E-state index in [1.165, 1.54) is 17.1 Å². The smallest absolute Gasteiger partial charge is 0.247 e. The van der Waals surface area contributed by atoms with E-state index in [1.54, 1.807) is 19.1 Å². The van der Waals surface area contributed by atoms with Crippen LogP contribution < -0.4 is 10.7 Å². The first-order chi connectivity index (χ1) is 11.4. The number of hydrazine groups is 1. The highest BCUT2D eigenvalue weighted by Crippen LogP contribution is 2.19. The van der Waals surface area contributed by atoms with Gasteiger partial charge in [0.2, 0.25) is 5.91 Å². The highest BCUT2D eigenvalue weighted by atomic mass is 19.1. The van der Waals surface area contributed by atoms with E-state index in [2.05, 4.69) is 17.7 Å². The lowest BCUT2D eigenvalue weighted by atomic mass is 9.94. The number of amidine groups is 1. The molecule has 0 aliphatic carbocycles. The van der Waals surface area contributed by atoms with E-state index < -0.39 is 5.41 Å². The number of hydrogen-bond acceptors (Lipinski definition) is 4. The molecule has 0 aliphatic rings. The predicted molar refractivity (Wildman–Crippen MR) is 101 cm³/mol. The van der Waals surface area contributed by atoms with Crippen molar-refractivity contribution in [3.63, 3.8) is 0 Å². The highest BCUT2D eigenvalue weighted by Gasteiger charge is 2.31. The Bertz CT molecular complexity index is 594. The zero-order chi connectivity index (χ0) is 19.4. The number of amides is 1. The molecule has 0 spiro atoms. The number of halogens is 1. The quantitative estimate of drug-likeness (QED) is 0.412. The molecule has 0 aromatic heterocycles. The summed E-state index contributed by atoms with van der Waals surface area (Å²) >= 11 is 0. The van der Waals surface area contributed by atoms with Gasteiger partial charge in [-0.15, -0.1) is 0 Å². The summed E-state index contributed by atoms with van der Waals surface area (Å²) in [6.07, 6.45) is 0. The van der Waals surface area contributed by atoms with Crippen LogP contribution in [0.25, 0.3) is 0 Å². The van der Waals surface area contributed by atoms with Gasteiger partial charge >= 0.3 is 0 Å². The number of carbonyl (C=O) groups excluding carboxylic acids is 1. The summed E-state index contributed by atoms with van der Waals surface area (Å²) in [5, 5.41) is 12.6. The minimum Gasteiger partial charge on any atom is -0.382 e. The van der Waals surface area contributed by atoms with Crippen LogP contribution in [0.4, 0.5) is 10.1 Å². The molecular weight excluding hydrogens is 319 g/mol. The van der Waals surface area contributed by atoms with Crippen molar-refractivity contribution in [2.45, 2.75) is 60.5 Å². The standard InChI is InChI=1S/C19H31FN4O/c1-12(13(2)22-17-10-8-16(20)9-11-17)14(3)23-24(15(4)21)18(25)19(5,6)7/h8-14,21-23H,1-7H3/t12-,13?,14-/m0/s1. The van der Waals surface area contributed by atoms with Crippen molar-refractivity contribution in [2.75, 3.05) is 5.32 Å². The minimum atomic E-state index is -0.573. The maximum absolute atomic E-state index is 13.0. The molecule has 1 aromatic carbocycles. The van der Waals surface area contributed by atoms with Gasteiger partial charge in [0.1, 0.15) is 11.7 Å². The van der Waals surface area contributed by atoms with Crippen molar-refractivity contribution >= 4 is 17.4 Å². The third-order valence-corrected chi connectivity index (χ3v) is 4.33. The maximum Gasteiger partial charge on any atom is 0.247 e. The van der Waals surface area contributed by atoms with Crippen LogP contribution in [0.2, 0.25) is 0 Å². The average Bonchev–Trinajstić information content (AvgIpc) is 2.51. The van der Waals surface area contributed by atoms with E-state index in [0.717, 1.165) is 5.69 Å². The van der Waals surface area contributed by atoms with Gasteiger partial charge in [-0.2, -0.15) is 0 Å². The first kappa shape index (κ1) is 21.1. The molecule has 140 valence electrons. The Kier molecular flexibility index (Phi) is 7.11. The summed E-state index contributed by atoms with van der Waals surface area (Å²) in [6.45, 7) is 13.2. The monoisotopic (exact) mass is 350 g/mol. The van der Waals surface area contributed by atoms with Gasteiger partial charge in [-0.1, -0.05) is 27.7 Å². The van der Waals surface area contributed by atoms with E-state index >= 15 is 0 Å². The lowest BCUT2D eigenvalue weighted by molar-refractivity contribution is -0.138. The lowest BCUT2D eigenvalue weighted by Crippen LogP contribution is -2.56. The summed E-state index contributed by atoms with van der Waals surface area (Å²) in [7, 11) is 0. The first-order valence-corrected chi connectivity index (χ1v) is 8.61. The second kappa shape index (κ2) is 8.43. The third-order valence-electron chi connectivity index (χ3n) is 4.33. The molecular formula is C19H31FN4O. The van der Waals surface area contributed by atoms with E-state index in [4.69, 9.17) is 5.41 Å². The Balaban J connectivity index is 2.75. The fourth-order valence-corrected chi connectivity index (χ4v) is 2.34. The van der Waals surface area contributed by atoms with Crippen LogP contribution >= 0.6 is 0 Å². The van der Waals surface area contributed by atoms with E-state index in [-0.39, 0.29) is 35.6 Å². The first-order valence-electron chi connectivity index (χ1n) is 8.61.